The lowest BCUT2D eigenvalue weighted by molar-refractivity contribution is 0.280. The topological polar surface area (TPSA) is 36.3 Å². The molecule has 4 rings (SSSR count). The van der Waals surface area contributed by atoms with Gasteiger partial charge in [-0.05, 0) is 65.8 Å². The standard InChI is InChI=1S/C29H34N2O2/c1-5-22-11-15-24(16-12-22)32-20-8-19-31-27-10-7-6-9-26(27)30-28(31)21-33-25-17-13-23(14-18-25)29(2,3)4/h6-7,9-18H,5,8,19-21H2,1-4H3. The second-order valence-corrected chi connectivity index (χ2v) is 9.43. The van der Waals surface area contributed by atoms with Gasteiger partial charge in [0, 0.05) is 6.54 Å². The van der Waals surface area contributed by atoms with Gasteiger partial charge >= 0.3 is 0 Å². The zero-order valence-corrected chi connectivity index (χ0v) is 20.2. The highest BCUT2D eigenvalue weighted by molar-refractivity contribution is 5.75. The van der Waals surface area contributed by atoms with E-state index in [9.17, 15) is 0 Å². The van der Waals surface area contributed by atoms with E-state index in [0.29, 0.717) is 13.2 Å². The van der Waals surface area contributed by atoms with Crippen LogP contribution in [0.3, 0.4) is 0 Å². The van der Waals surface area contributed by atoms with Crippen LogP contribution in [-0.2, 0) is 25.0 Å². The first-order valence-corrected chi connectivity index (χ1v) is 11.8. The van der Waals surface area contributed by atoms with Crippen LogP contribution in [0.2, 0.25) is 0 Å². The summed E-state index contributed by atoms with van der Waals surface area (Å²) in [6.07, 6.45) is 1.93. The maximum absolute atomic E-state index is 6.11. The number of benzene rings is 3. The first-order chi connectivity index (χ1) is 15.9. The average Bonchev–Trinajstić information content (AvgIpc) is 3.18. The first-order valence-electron chi connectivity index (χ1n) is 11.8. The molecule has 4 nitrogen and oxygen atoms in total. The third-order valence-electron chi connectivity index (χ3n) is 5.95. The molecular weight excluding hydrogens is 408 g/mol. The zero-order valence-electron chi connectivity index (χ0n) is 20.2. The predicted octanol–water partition coefficient (Wildman–Crippen LogP) is 6.94. The Morgan fingerprint density at radius 3 is 2.18 bits per heavy atom. The van der Waals surface area contributed by atoms with Crippen molar-refractivity contribution in [2.24, 2.45) is 0 Å². The summed E-state index contributed by atoms with van der Waals surface area (Å²) >= 11 is 0. The summed E-state index contributed by atoms with van der Waals surface area (Å²) in [4.78, 5) is 4.84. The molecule has 4 aromatic rings. The Balaban J connectivity index is 1.40. The minimum atomic E-state index is 0.132. The predicted molar refractivity (Wildman–Crippen MR) is 135 cm³/mol. The van der Waals surface area contributed by atoms with Crippen LogP contribution in [0.25, 0.3) is 11.0 Å². The van der Waals surface area contributed by atoms with Crippen LogP contribution in [0, 0.1) is 0 Å². The first kappa shape index (κ1) is 22.9. The SMILES string of the molecule is CCc1ccc(OCCCn2c(COc3ccc(C(C)(C)C)cc3)nc3ccccc32)cc1. The third-order valence-corrected chi connectivity index (χ3v) is 5.95. The van der Waals surface area contributed by atoms with Gasteiger partial charge in [-0.2, -0.15) is 0 Å². The summed E-state index contributed by atoms with van der Waals surface area (Å²) in [6, 6.07) is 25.0. The van der Waals surface area contributed by atoms with Gasteiger partial charge in [-0.1, -0.05) is 64.1 Å². The zero-order chi connectivity index (χ0) is 23.3. The largest absolute Gasteiger partial charge is 0.494 e. The molecule has 0 fully saturated rings. The van der Waals surface area contributed by atoms with Crippen molar-refractivity contribution in [3.05, 3.63) is 89.7 Å². The van der Waals surface area contributed by atoms with Crippen LogP contribution in [0.15, 0.2) is 72.8 Å². The summed E-state index contributed by atoms with van der Waals surface area (Å²) in [5.74, 6) is 2.72. The molecule has 0 aliphatic carbocycles. The Hall–Kier alpha value is -3.27. The van der Waals surface area contributed by atoms with E-state index in [1.807, 2.05) is 18.2 Å². The quantitative estimate of drug-likeness (QED) is 0.263. The van der Waals surface area contributed by atoms with Crippen molar-refractivity contribution in [2.45, 2.75) is 59.1 Å². The lowest BCUT2D eigenvalue weighted by Gasteiger charge is -2.19. The van der Waals surface area contributed by atoms with Crippen LogP contribution in [-0.4, -0.2) is 16.2 Å². The fourth-order valence-corrected chi connectivity index (χ4v) is 3.92. The number of rotatable bonds is 9. The summed E-state index contributed by atoms with van der Waals surface area (Å²) < 4.78 is 14.3. The fraction of sp³-hybridized carbons (Fsp3) is 0.345. The minimum Gasteiger partial charge on any atom is -0.494 e. The molecule has 172 valence electrons. The van der Waals surface area contributed by atoms with Crippen molar-refractivity contribution in [3.63, 3.8) is 0 Å². The average molecular weight is 443 g/mol. The molecule has 0 saturated carbocycles. The van der Waals surface area contributed by atoms with E-state index in [2.05, 4.69) is 86.9 Å². The highest BCUT2D eigenvalue weighted by atomic mass is 16.5. The van der Waals surface area contributed by atoms with Crippen molar-refractivity contribution in [3.8, 4) is 11.5 Å². The van der Waals surface area contributed by atoms with Crippen molar-refractivity contribution in [1.82, 2.24) is 9.55 Å². The molecule has 3 aromatic carbocycles. The smallest absolute Gasteiger partial charge is 0.147 e. The lowest BCUT2D eigenvalue weighted by atomic mass is 9.87. The van der Waals surface area contributed by atoms with Gasteiger partial charge in [0.1, 0.15) is 23.9 Å². The van der Waals surface area contributed by atoms with Crippen molar-refractivity contribution in [2.75, 3.05) is 6.61 Å². The molecule has 0 radical (unpaired) electrons. The van der Waals surface area contributed by atoms with Crippen LogP contribution in [0.1, 0.15) is 51.1 Å². The Labute approximate surface area is 197 Å². The van der Waals surface area contributed by atoms with E-state index >= 15 is 0 Å². The van der Waals surface area contributed by atoms with E-state index in [0.717, 1.165) is 47.7 Å². The van der Waals surface area contributed by atoms with Crippen molar-refractivity contribution in [1.29, 1.82) is 0 Å². The monoisotopic (exact) mass is 442 g/mol. The molecule has 0 atom stereocenters. The second-order valence-electron chi connectivity index (χ2n) is 9.43. The van der Waals surface area contributed by atoms with Gasteiger partial charge in [0.05, 0.1) is 17.6 Å². The van der Waals surface area contributed by atoms with Crippen molar-refractivity contribution >= 4 is 11.0 Å². The minimum absolute atomic E-state index is 0.132. The number of ether oxygens (including phenoxy) is 2. The lowest BCUT2D eigenvalue weighted by Crippen LogP contribution is -2.11. The van der Waals surface area contributed by atoms with Crippen molar-refractivity contribution < 1.29 is 9.47 Å². The number of aromatic nitrogens is 2. The van der Waals surface area contributed by atoms with Crippen LogP contribution < -0.4 is 9.47 Å². The van der Waals surface area contributed by atoms with Gasteiger partial charge in [0.25, 0.3) is 0 Å². The molecule has 4 heteroatoms. The van der Waals surface area contributed by atoms with Gasteiger partial charge in [-0.25, -0.2) is 4.98 Å². The molecule has 0 saturated heterocycles. The highest BCUT2D eigenvalue weighted by Gasteiger charge is 2.14. The Kier molecular flexibility index (Phi) is 7.02. The number of fused-ring (bicyclic) bond motifs is 1. The molecule has 33 heavy (non-hydrogen) atoms. The molecule has 0 unspecified atom stereocenters. The second kappa shape index (κ2) is 10.1. The normalized spacial score (nSPS) is 11.6. The summed E-state index contributed by atoms with van der Waals surface area (Å²) in [5.41, 5.74) is 4.88. The van der Waals surface area contributed by atoms with Crippen LogP contribution in [0.4, 0.5) is 0 Å². The molecule has 0 N–H and O–H groups in total. The molecule has 0 bridgehead atoms. The van der Waals surface area contributed by atoms with Gasteiger partial charge in [0.2, 0.25) is 0 Å². The fourth-order valence-electron chi connectivity index (χ4n) is 3.92. The summed E-state index contributed by atoms with van der Waals surface area (Å²) in [5, 5.41) is 0. The number of nitrogens with zero attached hydrogens (tertiary/aromatic N) is 2. The van der Waals surface area contributed by atoms with Crippen LogP contribution in [0.5, 0.6) is 11.5 Å². The molecular formula is C29H34N2O2. The van der Waals surface area contributed by atoms with E-state index in [-0.39, 0.29) is 5.41 Å². The molecule has 0 aliphatic rings. The Morgan fingerprint density at radius 1 is 0.818 bits per heavy atom. The van der Waals surface area contributed by atoms with Gasteiger partial charge in [-0.3, -0.25) is 0 Å². The van der Waals surface area contributed by atoms with Gasteiger partial charge in [-0.15, -0.1) is 0 Å². The summed E-state index contributed by atoms with van der Waals surface area (Å²) in [7, 11) is 0. The van der Waals surface area contributed by atoms with Gasteiger partial charge in [0.15, 0.2) is 0 Å². The number of hydrogen-bond acceptors (Lipinski definition) is 3. The number of hydrogen-bond donors (Lipinski definition) is 0. The Bertz CT molecular complexity index is 1170. The molecule has 0 amide bonds. The van der Waals surface area contributed by atoms with E-state index in [4.69, 9.17) is 14.5 Å². The van der Waals surface area contributed by atoms with E-state index in [1.54, 1.807) is 0 Å². The Morgan fingerprint density at radius 2 is 1.48 bits per heavy atom. The van der Waals surface area contributed by atoms with E-state index < -0.39 is 0 Å². The molecule has 1 aromatic heterocycles. The maximum Gasteiger partial charge on any atom is 0.147 e. The summed E-state index contributed by atoms with van der Waals surface area (Å²) in [6.45, 7) is 10.7. The van der Waals surface area contributed by atoms with Gasteiger partial charge < -0.3 is 14.0 Å². The number of imidazole rings is 1. The molecule has 1 heterocycles. The molecule has 0 aliphatic heterocycles. The highest BCUT2D eigenvalue weighted by Crippen LogP contribution is 2.25. The number of para-hydroxylation sites is 2. The molecule has 0 spiro atoms. The van der Waals surface area contributed by atoms with E-state index in [1.165, 1.54) is 11.1 Å². The van der Waals surface area contributed by atoms with Crippen LogP contribution >= 0.6 is 0 Å². The number of aryl methyl sites for hydroxylation is 2. The third kappa shape index (κ3) is 5.75. The maximum atomic E-state index is 6.11.